The summed E-state index contributed by atoms with van der Waals surface area (Å²) in [4.78, 5) is 24.0. The molecule has 0 amide bonds. The first kappa shape index (κ1) is 19.4. The molecule has 2 aromatic carbocycles. The van der Waals surface area contributed by atoms with Crippen molar-refractivity contribution in [1.82, 2.24) is 0 Å². The van der Waals surface area contributed by atoms with Gasteiger partial charge in [-0.15, -0.1) is 0 Å². The highest BCUT2D eigenvalue weighted by Gasteiger charge is 2.33. The van der Waals surface area contributed by atoms with Crippen LogP contribution < -0.4 is 9.47 Å². The molecule has 0 aliphatic carbocycles. The number of carbonyl (C=O) groups is 2. The summed E-state index contributed by atoms with van der Waals surface area (Å²) < 4.78 is 17.0. The van der Waals surface area contributed by atoms with E-state index >= 15 is 0 Å². The first-order valence-corrected chi connectivity index (χ1v) is 8.57. The van der Waals surface area contributed by atoms with E-state index in [0.29, 0.717) is 11.3 Å². The van der Waals surface area contributed by atoms with E-state index in [1.807, 2.05) is 0 Å². The van der Waals surface area contributed by atoms with Crippen molar-refractivity contribution in [3.63, 3.8) is 0 Å². The lowest BCUT2D eigenvalue weighted by Gasteiger charge is -2.20. The number of phenols is 1. The van der Waals surface area contributed by atoms with Gasteiger partial charge in [-0.1, -0.05) is 12.1 Å². The summed E-state index contributed by atoms with van der Waals surface area (Å²) in [7, 11) is 1.44. The SMILES string of the molecule is CO[C@H]1Oc2cc(C)cc(O)c2C(=O)c2cccc(OCC=C(C)C(=O)O)c21. The van der Waals surface area contributed by atoms with Crippen LogP contribution >= 0.6 is 0 Å². The average Bonchev–Trinajstić information content (AvgIpc) is 2.76. The van der Waals surface area contributed by atoms with Crippen LogP contribution in [0.1, 0.15) is 40.3 Å². The van der Waals surface area contributed by atoms with E-state index in [9.17, 15) is 14.7 Å². The molecule has 2 N–H and O–H groups in total. The van der Waals surface area contributed by atoms with E-state index in [-0.39, 0.29) is 34.8 Å². The Hall–Kier alpha value is -3.32. The van der Waals surface area contributed by atoms with Gasteiger partial charge in [-0.3, -0.25) is 4.79 Å². The van der Waals surface area contributed by atoms with Crippen molar-refractivity contribution in [3.8, 4) is 17.2 Å². The van der Waals surface area contributed by atoms with Gasteiger partial charge in [0.1, 0.15) is 29.4 Å². The molecule has 0 fully saturated rings. The number of carboxylic acid groups (broad SMARTS) is 1. The molecule has 7 nitrogen and oxygen atoms in total. The number of ether oxygens (including phenoxy) is 3. The number of fused-ring (bicyclic) bond motifs is 2. The third-order valence-corrected chi connectivity index (χ3v) is 4.41. The Labute approximate surface area is 161 Å². The van der Waals surface area contributed by atoms with Gasteiger partial charge < -0.3 is 24.4 Å². The summed E-state index contributed by atoms with van der Waals surface area (Å²) in [6, 6.07) is 8.04. The van der Waals surface area contributed by atoms with Gasteiger partial charge in [-0.05, 0) is 43.7 Å². The number of carboxylic acids is 1. The maximum absolute atomic E-state index is 13.1. The predicted octanol–water partition coefficient (Wildman–Crippen LogP) is 3.38. The second kappa shape index (κ2) is 7.74. The van der Waals surface area contributed by atoms with Crippen LogP contribution in [0.4, 0.5) is 0 Å². The lowest BCUT2D eigenvalue weighted by Crippen LogP contribution is -2.13. The van der Waals surface area contributed by atoms with Crippen molar-refractivity contribution >= 4 is 11.8 Å². The van der Waals surface area contributed by atoms with Gasteiger partial charge in [0.25, 0.3) is 0 Å². The smallest absolute Gasteiger partial charge is 0.331 e. The van der Waals surface area contributed by atoms with E-state index in [1.54, 1.807) is 31.2 Å². The van der Waals surface area contributed by atoms with Crippen LogP contribution in [0.3, 0.4) is 0 Å². The molecular formula is C21H20O7. The number of aliphatic carboxylic acids is 1. The highest BCUT2D eigenvalue weighted by molar-refractivity contribution is 6.14. The van der Waals surface area contributed by atoms with Crippen LogP contribution in [-0.4, -0.2) is 35.7 Å². The van der Waals surface area contributed by atoms with Crippen molar-refractivity contribution in [3.05, 3.63) is 64.2 Å². The summed E-state index contributed by atoms with van der Waals surface area (Å²) in [6.07, 6.45) is 0.481. The summed E-state index contributed by atoms with van der Waals surface area (Å²) in [5, 5.41) is 19.2. The van der Waals surface area contributed by atoms with Crippen LogP contribution in [-0.2, 0) is 9.53 Å². The monoisotopic (exact) mass is 384 g/mol. The molecule has 1 heterocycles. The molecule has 0 saturated heterocycles. The number of phenolic OH excluding ortho intramolecular Hbond substituents is 1. The maximum Gasteiger partial charge on any atom is 0.331 e. The van der Waals surface area contributed by atoms with Crippen LogP contribution in [0.2, 0.25) is 0 Å². The molecule has 0 spiro atoms. The van der Waals surface area contributed by atoms with Crippen molar-refractivity contribution in [2.45, 2.75) is 20.1 Å². The van der Waals surface area contributed by atoms with Crippen molar-refractivity contribution in [2.75, 3.05) is 13.7 Å². The Morgan fingerprint density at radius 2 is 2.07 bits per heavy atom. The number of benzene rings is 2. The molecule has 1 aliphatic rings. The quantitative estimate of drug-likeness (QED) is 0.762. The van der Waals surface area contributed by atoms with Gasteiger partial charge >= 0.3 is 5.97 Å². The second-order valence-electron chi connectivity index (χ2n) is 6.39. The van der Waals surface area contributed by atoms with Crippen LogP contribution in [0, 0.1) is 6.92 Å². The van der Waals surface area contributed by atoms with E-state index < -0.39 is 18.0 Å². The highest BCUT2D eigenvalue weighted by Crippen LogP contribution is 2.42. The van der Waals surface area contributed by atoms with Crippen LogP contribution in [0.25, 0.3) is 0 Å². The summed E-state index contributed by atoms with van der Waals surface area (Å²) >= 11 is 0. The molecule has 1 aliphatic heterocycles. The number of ketones is 1. The largest absolute Gasteiger partial charge is 0.507 e. The van der Waals surface area contributed by atoms with Gasteiger partial charge in [0.2, 0.25) is 12.1 Å². The average molecular weight is 384 g/mol. The van der Waals surface area contributed by atoms with Gasteiger partial charge in [-0.25, -0.2) is 4.79 Å². The zero-order valence-electron chi connectivity index (χ0n) is 15.7. The molecule has 0 aromatic heterocycles. The van der Waals surface area contributed by atoms with E-state index in [4.69, 9.17) is 19.3 Å². The lowest BCUT2D eigenvalue weighted by molar-refractivity contribution is -0.132. The van der Waals surface area contributed by atoms with Crippen LogP contribution in [0.5, 0.6) is 17.2 Å². The first-order valence-electron chi connectivity index (χ1n) is 8.57. The van der Waals surface area contributed by atoms with E-state index in [2.05, 4.69) is 0 Å². The standard InChI is InChI=1S/C21H20O7/c1-11-9-14(22)18-16(10-11)28-21(26-3)17-13(19(18)23)5-4-6-15(17)27-8-7-12(2)20(24)25/h4-7,9-10,21-22H,8H2,1-3H3,(H,24,25)/t21-/m0/s1. The molecule has 0 saturated carbocycles. The molecule has 0 radical (unpaired) electrons. The molecule has 0 bridgehead atoms. The van der Waals surface area contributed by atoms with Crippen LogP contribution in [0.15, 0.2) is 42.0 Å². The number of hydrogen-bond donors (Lipinski definition) is 2. The summed E-state index contributed by atoms with van der Waals surface area (Å²) in [5.41, 5.74) is 1.59. The maximum atomic E-state index is 13.1. The minimum Gasteiger partial charge on any atom is -0.507 e. The van der Waals surface area contributed by atoms with Gasteiger partial charge in [-0.2, -0.15) is 0 Å². The van der Waals surface area contributed by atoms with Crippen molar-refractivity contribution in [2.24, 2.45) is 0 Å². The van der Waals surface area contributed by atoms with Crippen molar-refractivity contribution < 1.29 is 34.0 Å². The minimum atomic E-state index is -1.04. The van der Waals surface area contributed by atoms with Gasteiger partial charge in [0.15, 0.2) is 0 Å². The predicted molar refractivity (Wildman–Crippen MR) is 100.0 cm³/mol. The molecule has 2 aromatic rings. The number of rotatable bonds is 5. The summed E-state index contributed by atoms with van der Waals surface area (Å²) in [6.45, 7) is 3.24. The number of hydrogen-bond acceptors (Lipinski definition) is 6. The first-order chi connectivity index (χ1) is 13.3. The Morgan fingerprint density at radius 1 is 1.32 bits per heavy atom. The molecule has 1 atom stereocenters. The number of carbonyl (C=O) groups excluding carboxylic acids is 1. The molecule has 3 rings (SSSR count). The fraction of sp³-hybridized carbons (Fsp3) is 0.238. The van der Waals surface area contributed by atoms with E-state index in [1.165, 1.54) is 26.2 Å². The number of methoxy groups -OCH3 is 1. The normalized spacial score (nSPS) is 15.9. The second-order valence-corrected chi connectivity index (χ2v) is 6.39. The van der Waals surface area contributed by atoms with Gasteiger partial charge in [0.05, 0.1) is 5.56 Å². The minimum absolute atomic E-state index is 0.00345. The Balaban J connectivity index is 2.07. The third kappa shape index (κ3) is 3.57. The topological polar surface area (TPSA) is 102 Å². The zero-order valence-corrected chi connectivity index (χ0v) is 15.7. The molecule has 146 valence electrons. The number of aryl methyl sites for hydroxylation is 1. The lowest BCUT2D eigenvalue weighted by atomic mass is 9.96. The number of aromatic hydroxyl groups is 1. The molecule has 7 heteroatoms. The Kier molecular flexibility index (Phi) is 5.37. The Bertz CT molecular complexity index is 975. The van der Waals surface area contributed by atoms with Gasteiger partial charge in [0, 0.05) is 18.2 Å². The van der Waals surface area contributed by atoms with E-state index in [0.717, 1.165) is 5.56 Å². The van der Waals surface area contributed by atoms with Crippen molar-refractivity contribution in [1.29, 1.82) is 0 Å². The zero-order chi connectivity index (χ0) is 20.4. The third-order valence-electron chi connectivity index (χ3n) is 4.41. The molecule has 0 unspecified atom stereocenters. The Morgan fingerprint density at radius 3 is 2.75 bits per heavy atom. The highest BCUT2D eigenvalue weighted by atomic mass is 16.7. The fourth-order valence-electron chi connectivity index (χ4n) is 2.99. The molecular weight excluding hydrogens is 364 g/mol. The molecule has 28 heavy (non-hydrogen) atoms. The summed E-state index contributed by atoms with van der Waals surface area (Å²) in [5.74, 6) is -1.07. The fourth-order valence-corrected chi connectivity index (χ4v) is 2.99.